The Morgan fingerprint density at radius 1 is 1.64 bits per heavy atom. The lowest BCUT2D eigenvalue weighted by atomic mass is 9.99. The lowest BCUT2D eigenvalue weighted by molar-refractivity contribution is -0.0841. The van der Waals surface area contributed by atoms with Gasteiger partial charge in [-0.1, -0.05) is 23.6 Å². The quantitative estimate of drug-likeness (QED) is 0.400. The highest BCUT2D eigenvalue weighted by atomic mass is 31.1. The maximum Gasteiger partial charge on any atom is 0.697 e. The highest BCUT2D eigenvalue weighted by Crippen LogP contribution is 2.36. The number of rotatable bonds is 6. The fourth-order valence-corrected chi connectivity index (χ4v) is 2.45. The highest BCUT2D eigenvalue weighted by Gasteiger charge is 2.36. The second-order valence-corrected chi connectivity index (χ2v) is 5.45. The van der Waals surface area contributed by atoms with Gasteiger partial charge in [0, 0.05) is 17.2 Å². The predicted molar refractivity (Wildman–Crippen MR) is 80.6 cm³/mol. The molecule has 2 rings (SSSR count). The van der Waals surface area contributed by atoms with Crippen LogP contribution in [-0.2, 0) is 13.8 Å². The van der Waals surface area contributed by atoms with Crippen molar-refractivity contribution < 1.29 is 18.7 Å². The van der Waals surface area contributed by atoms with Gasteiger partial charge < -0.3 is 16.6 Å². The maximum atomic E-state index is 11.8. The Bertz CT molecular complexity index is 620. The van der Waals surface area contributed by atoms with Crippen LogP contribution in [0.25, 0.3) is 0 Å². The van der Waals surface area contributed by atoms with E-state index >= 15 is 0 Å². The molecule has 0 spiro atoms. The van der Waals surface area contributed by atoms with E-state index in [1.807, 2.05) is 19.1 Å². The third-order valence-electron chi connectivity index (χ3n) is 3.49. The summed E-state index contributed by atoms with van der Waals surface area (Å²) in [6, 6.07) is 1.36. The van der Waals surface area contributed by atoms with Gasteiger partial charge >= 0.3 is 13.9 Å². The van der Waals surface area contributed by atoms with Crippen LogP contribution in [-0.4, -0.2) is 26.8 Å². The van der Waals surface area contributed by atoms with Crippen molar-refractivity contribution in [2.75, 3.05) is 12.5 Å². The normalized spacial score (nSPS) is 24.1. The number of anilines is 1. The number of aromatic nitrogens is 2. The van der Waals surface area contributed by atoms with E-state index in [-0.39, 0.29) is 24.8 Å². The van der Waals surface area contributed by atoms with E-state index < -0.39 is 19.5 Å². The van der Waals surface area contributed by atoms with Crippen molar-refractivity contribution in [3.63, 3.8) is 0 Å². The Hall–Kier alpha value is -1.64. The zero-order chi connectivity index (χ0) is 15.5. The third kappa shape index (κ3) is 4.19. The van der Waals surface area contributed by atoms with Crippen molar-refractivity contribution >= 4 is 14.1 Å². The van der Waals surface area contributed by atoms with Gasteiger partial charge in [-0.05, 0) is 12.5 Å². The van der Waals surface area contributed by atoms with Gasteiger partial charge in [0.05, 0.1) is 11.6 Å². The Morgan fingerprint density at radius 2 is 2.36 bits per heavy atom. The zero-order valence-corrected chi connectivity index (χ0v) is 13.1. The monoisotopic (exact) mass is 331 g/mol. The van der Waals surface area contributed by atoms with Crippen LogP contribution in [0.1, 0.15) is 25.8 Å². The summed E-state index contributed by atoms with van der Waals surface area (Å²) in [5.74, 6) is 0.177. The first-order valence-electron chi connectivity index (χ1n) is 6.43. The molecule has 0 saturated carbocycles. The van der Waals surface area contributed by atoms with Gasteiger partial charge in [0.25, 0.3) is 0 Å². The Balaban J connectivity index is 0.00000242. The summed E-state index contributed by atoms with van der Waals surface area (Å²) in [5.41, 5.74) is 4.41. The van der Waals surface area contributed by atoms with Gasteiger partial charge in [0.2, 0.25) is 6.79 Å². The lowest BCUT2D eigenvalue weighted by Crippen LogP contribution is -2.32. The van der Waals surface area contributed by atoms with E-state index in [4.69, 9.17) is 15.4 Å². The molecule has 1 aromatic rings. The zero-order valence-electron chi connectivity index (χ0n) is 12.2. The summed E-state index contributed by atoms with van der Waals surface area (Å²) < 4.78 is 22.0. The summed E-state index contributed by atoms with van der Waals surface area (Å²) in [4.78, 5) is 24.1. The molecule has 9 nitrogen and oxygen atoms in total. The molecule has 22 heavy (non-hydrogen) atoms. The minimum atomic E-state index is -2.69. The molecule has 0 bridgehead atoms. The first kappa shape index (κ1) is 18.4. The molecule has 1 aliphatic rings. The topological polar surface area (TPSA) is 152 Å². The van der Waals surface area contributed by atoms with E-state index in [0.717, 1.165) is 0 Å². The van der Waals surface area contributed by atoms with Crippen LogP contribution in [0, 0.1) is 0 Å². The molecule has 0 saturated heterocycles. The highest BCUT2D eigenvalue weighted by molar-refractivity contribution is 7.32. The van der Waals surface area contributed by atoms with Crippen LogP contribution in [0.2, 0.25) is 0 Å². The van der Waals surface area contributed by atoms with Crippen LogP contribution >= 0.6 is 8.25 Å². The van der Waals surface area contributed by atoms with Crippen molar-refractivity contribution in [3.8, 4) is 0 Å². The Morgan fingerprint density at radius 3 is 2.95 bits per heavy atom. The van der Waals surface area contributed by atoms with E-state index in [2.05, 4.69) is 9.51 Å². The summed E-state index contributed by atoms with van der Waals surface area (Å²) >= 11 is 0. The predicted octanol–water partition coefficient (Wildman–Crippen LogP) is 1.28. The largest absolute Gasteiger partial charge is 0.697 e. The van der Waals surface area contributed by atoms with E-state index in [9.17, 15) is 9.36 Å². The number of nitrogens with zero attached hydrogens (tertiary/aromatic N) is 2. The van der Waals surface area contributed by atoms with Crippen LogP contribution < -0.4 is 17.6 Å². The molecule has 0 amide bonds. The average Bonchev–Trinajstić information content (AvgIpc) is 2.83. The number of hydrogen-bond donors (Lipinski definition) is 3. The van der Waals surface area contributed by atoms with Crippen LogP contribution in [0.5, 0.6) is 0 Å². The fraction of sp³-hybridized carbons (Fsp3) is 0.500. The van der Waals surface area contributed by atoms with Crippen molar-refractivity contribution in [1.29, 1.82) is 0 Å². The molecule has 3 atom stereocenters. The Kier molecular flexibility index (Phi) is 6.34. The minimum Gasteiger partial charge on any atom is -0.383 e. The Labute approximate surface area is 128 Å². The smallest absolute Gasteiger partial charge is 0.383 e. The maximum absolute atomic E-state index is 11.8. The van der Waals surface area contributed by atoms with Gasteiger partial charge in [-0.2, -0.15) is 4.98 Å². The molecular formula is C12H20N4O5P+. The lowest BCUT2D eigenvalue weighted by Gasteiger charge is -2.26. The number of nitrogens with two attached hydrogens (primary N) is 1. The van der Waals surface area contributed by atoms with Crippen molar-refractivity contribution in [2.45, 2.75) is 31.4 Å². The molecular weight excluding hydrogens is 311 g/mol. The number of allylic oxidation sites excluding steroid dienone is 1. The second-order valence-electron chi connectivity index (χ2n) is 4.72. The molecule has 122 valence electrons. The molecule has 1 unspecified atom stereocenters. The van der Waals surface area contributed by atoms with Crippen molar-refractivity contribution in [1.82, 2.24) is 15.7 Å². The first-order chi connectivity index (χ1) is 9.96. The minimum absolute atomic E-state index is 0. The van der Waals surface area contributed by atoms with E-state index in [0.29, 0.717) is 12.8 Å². The van der Waals surface area contributed by atoms with Crippen LogP contribution in [0.15, 0.2) is 29.2 Å². The van der Waals surface area contributed by atoms with E-state index in [1.54, 1.807) is 12.3 Å². The van der Waals surface area contributed by atoms with Gasteiger partial charge in [-0.3, -0.25) is 4.57 Å². The third-order valence-corrected chi connectivity index (χ3v) is 3.82. The van der Waals surface area contributed by atoms with Gasteiger partial charge in [-0.15, -0.1) is 4.89 Å². The average molecular weight is 331 g/mol. The number of nitrogen functional groups attached to an aromatic ring is 1. The van der Waals surface area contributed by atoms with Crippen LogP contribution in [0.4, 0.5) is 5.82 Å². The molecule has 10 heteroatoms. The van der Waals surface area contributed by atoms with Gasteiger partial charge in [0.15, 0.2) is 0 Å². The summed E-state index contributed by atoms with van der Waals surface area (Å²) in [6.07, 6.45) is 6.44. The summed E-state index contributed by atoms with van der Waals surface area (Å²) in [6.45, 7) is 1.64. The van der Waals surface area contributed by atoms with E-state index in [1.165, 1.54) is 4.57 Å². The first-order valence-corrected chi connectivity index (χ1v) is 7.56. The standard InChI is InChI=1S/C12H16N3O5P.H3N/c1-2-12(19-8-20-21(17)18)5-3-9(7-12)15-6-4-10(13)14-11(15)16;/h3-6,9H,2,7-8H2,1H3,(H2-,13,14,16,17,18);1H3/p+1/t9-,12+;/m0./s1. The number of hydrogen-bond acceptors (Lipinski definition) is 7. The summed E-state index contributed by atoms with van der Waals surface area (Å²) in [5, 5.41) is 0. The van der Waals surface area contributed by atoms with Gasteiger partial charge in [-0.25, -0.2) is 4.79 Å². The molecule has 1 aromatic heterocycles. The number of ether oxygens (including phenoxy) is 1. The second kappa shape index (κ2) is 7.57. The molecule has 1 heterocycles. The van der Waals surface area contributed by atoms with Gasteiger partial charge in [0.1, 0.15) is 5.82 Å². The molecule has 1 aliphatic carbocycles. The molecule has 0 aromatic carbocycles. The summed E-state index contributed by atoms with van der Waals surface area (Å²) in [7, 11) is -2.69. The van der Waals surface area contributed by atoms with Crippen molar-refractivity contribution in [2.24, 2.45) is 0 Å². The SMILES string of the molecule is CC[C@@]1(OCO[P+](=O)O)C=C[C@H](n2ccc(N)nc2=O)C1.N. The molecule has 0 fully saturated rings. The molecule has 6 N–H and O–H groups in total. The molecule has 0 aliphatic heterocycles. The fourth-order valence-electron chi connectivity index (χ4n) is 2.31. The van der Waals surface area contributed by atoms with Crippen LogP contribution in [0.3, 0.4) is 0 Å². The van der Waals surface area contributed by atoms with Crippen molar-refractivity contribution in [3.05, 3.63) is 34.9 Å². The molecule has 0 radical (unpaired) electrons.